The first-order valence-electron chi connectivity index (χ1n) is 9.45. The SMILES string of the molecule is CCCC1CCC(CNC(C)C(C(C)=N)c2ccccc2)CC1. The van der Waals surface area contributed by atoms with E-state index >= 15 is 0 Å². The minimum absolute atomic E-state index is 0.188. The molecule has 0 heterocycles. The molecule has 0 amide bonds. The van der Waals surface area contributed by atoms with E-state index in [4.69, 9.17) is 5.41 Å². The second kappa shape index (κ2) is 9.22. The van der Waals surface area contributed by atoms with Gasteiger partial charge in [-0.3, -0.25) is 0 Å². The summed E-state index contributed by atoms with van der Waals surface area (Å²) in [6.45, 7) is 7.58. The standard InChI is InChI=1S/C21H34N2/c1-4-8-18-11-13-19(14-12-18)15-23-17(3)21(16(2)22)20-9-6-5-7-10-20/h5-7,9-10,17-19,21-23H,4,8,11-15H2,1-3H3. The largest absolute Gasteiger partial charge is 0.313 e. The third kappa shape index (κ3) is 5.46. The van der Waals surface area contributed by atoms with E-state index in [1.807, 2.05) is 13.0 Å². The van der Waals surface area contributed by atoms with E-state index in [0.717, 1.165) is 24.1 Å². The Morgan fingerprint density at radius 2 is 1.74 bits per heavy atom. The van der Waals surface area contributed by atoms with Crippen LogP contribution in [0.5, 0.6) is 0 Å². The van der Waals surface area contributed by atoms with Gasteiger partial charge in [-0.05, 0) is 50.6 Å². The number of rotatable bonds is 8. The summed E-state index contributed by atoms with van der Waals surface area (Å²) in [5, 5.41) is 11.9. The van der Waals surface area contributed by atoms with Crippen LogP contribution in [0.1, 0.15) is 70.8 Å². The predicted octanol–water partition coefficient (Wildman–Crippen LogP) is 5.39. The van der Waals surface area contributed by atoms with Crippen LogP contribution in [-0.2, 0) is 0 Å². The minimum Gasteiger partial charge on any atom is -0.313 e. The molecule has 128 valence electrons. The molecule has 2 atom stereocenters. The Hall–Kier alpha value is -1.15. The maximum atomic E-state index is 8.17. The molecule has 0 aromatic heterocycles. The van der Waals surface area contributed by atoms with Crippen molar-refractivity contribution in [3.05, 3.63) is 35.9 Å². The van der Waals surface area contributed by atoms with Crippen LogP contribution in [0.2, 0.25) is 0 Å². The molecule has 0 radical (unpaired) electrons. The molecule has 1 aliphatic carbocycles. The topological polar surface area (TPSA) is 35.9 Å². The van der Waals surface area contributed by atoms with Crippen molar-refractivity contribution in [2.75, 3.05) is 6.54 Å². The smallest absolute Gasteiger partial charge is 0.0364 e. The van der Waals surface area contributed by atoms with E-state index < -0.39 is 0 Å². The molecule has 2 heteroatoms. The average molecular weight is 315 g/mol. The lowest BCUT2D eigenvalue weighted by Gasteiger charge is -2.31. The van der Waals surface area contributed by atoms with Gasteiger partial charge in [0.25, 0.3) is 0 Å². The Labute approximate surface area is 142 Å². The molecule has 1 fully saturated rings. The maximum Gasteiger partial charge on any atom is 0.0364 e. The fraction of sp³-hybridized carbons (Fsp3) is 0.667. The maximum absolute atomic E-state index is 8.17. The van der Waals surface area contributed by atoms with Crippen LogP contribution in [0, 0.1) is 17.2 Å². The highest BCUT2D eigenvalue weighted by atomic mass is 14.9. The molecule has 0 aliphatic heterocycles. The zero-order valence-electron chi connectivity index (χ0n) is 15.1. The van der Waals surface area contributed by atoms with Crippen molar-refractivity contribution in [2.24, 2.45) is 11.8 Å². The van der Waals surface area contributed by atoms with Gasteiger partial charge in [0.2, 0.25) is 0 Å². The highest BCUT2D eigenvalue weighted by Gasteiger charge is 2.24. The van der Waals surface area contributed by atoms with Crippen LogP contribution >= 0.6 is 0 Å². The molecule has 1 aromatic rings. The summed E-state index contributed by atoms with van der Waals surface area (Å²) in [6, 6.07) is 10.8. The summed E-state index contributed by atoms with van der Waals surface area (Å²) in [7, 11) is 0. The van der Waals surface area contributed by atoms with E-state index in [1.165, 1.54) is 44.1 Å². The summed E-state index contributed by atoms with van der Waals surface area (Å²) in [6.07, 6.45) is 8.34. The van der Waals surface area contributed by atoms with Gasteiger partial charge < -0.3 is 10.7 Å². The molecule has 1 aromatic carbocycles. The summed E-state index contributed by atoms with van der Waals surface area (Å²) in [5.74, 6) is 2.00. The minimum atomic E-state index is 0.188. The third-order valence-corrected chi connectivity index (χ3v) is 5.52. The quantitative estimate of drug-likeness (QED) is 0.620. The van der Waals surface area contributed by atoms with Crippen LogP contribution < -0.4 is 5.32 Å². The second-order valence-electron chi connectivity index (χ2n) is 7.44. The zero-order chi connectivity index (χ0) is 16.7. The Morgan fingerprint density at radius 3 is 2.30 bits per heavy atom. The molecule has 2 unspecified atom stereocenters. The molecule has 2 N–H and O–H groups in total. The first-order valence-corrected chi connectivity index (χ1v) is 9.45. The summed E-state index contributed by atoms with van der Waals surface area (Å²) in [5.41, 5.74) is 2.01. The van der Waals surface area contributed by atoms with Gasteiger partial charge in [-0.2, -0.15) is 0 Å². The van der Waals surface area contributed by atoms with E-state index in [0.29, 0.717) is 6.04 Å². The van der Waals surface area contributed by atoms with Crippen LogP contribution in [0.4, 0.5) is 0 Å². The molecule has 0 bridgehead atoms. The van der Waals surface area contributed by atoms with Gasteiger partial charge in [-0.15, -0.1) is 0 Å². The molecular formula is C21H34N2. The molecule has 0 spiro atoms. The zero-order valence-corrected chi connectivity index (χ0v) is 15.1. The molecule has 1 aliphatic rings. The summed E-state index contributed by atoms with van der Waals surface area (Å²) < 4.78 is 0. The van der Waals surface area contributed by atoms with Crippen molar-refractivity contribution in [1.29, 1.82) is 5.41 Å². The molecule has 0 saturated heterocycles. The first kappa shape index (κ1) is 18.2. The number of nitrogens with one attached hydrogen (secondary N) is 2. The Balaban J connectivity index is 1.83. The molecule has 2 rings (SSSR count). The van der Waals surface area contributed by atoms with Crippen LogP contribution in [0.15, 0.2) is 30.3 Å². The van der Waals surface area contributed by atoms with Crippen molar-refractivity contribution in [3.63, 3.8) is 0 Å². The second-order valence-corrected chi connectivity index (χ2v) is 7.44. The van der Waals surface area contributed by atoms with E-state index in [1.54, 1.807) is 0 Å². The molecule has 2 nitrogen and oxygen atoms in total. The third-order valence-electron chi connectivity index (χ3n) is 5.52. The molecule has 1 saturated carbocycles. The lowest BCUT2D eigenvalue weighted by molar-refractivity contribution is 0.250. The number of benzene rings is 1. The summed E-state index contributed by atoms with van der Waals surface area (Å²) in [4.78, 5) is 0. The molecular weight excluding hydrogens is 280 g/mol. The predicted molar refractivity (Wildman–Crippen MR) is 100 cm³/mol. The van der Waals surface area contributed by atoms with Crippen molar-refractivity contribution in [2.45, 2.75) is 71.3 Å². The highest BCUT2D eigenvalue weighted by Crippen LogP contribution is 2.31. The average Bonchev–Trinajstić information content (AvgIpc) is 2.55. The van der Waals surface area contributed by atoms with Gasteiger partial charge in [-0.1, -0.05) is 62.9 Å². The van der Waals surface area contributed by atoms with Crippen molar-refractivity contribution >= 4 is 5.71 Å². The fourth-order valence-electron chi connectivity index (χ4n) is 4.18. The van der Waals surface area contributed by atoms with Crippen LogP contribution in [-0.4, -0.2) is 18.3 Å². The van der Waals surface area contributed by atoms with Gasteiger partial charge in [0.1, 0.15) is 0 Å². The first-order chi connectivity index (χ1) is 11.1. The lowest BCUT2D eigenvalue weighted by Crippen LogP contribution is -2.38. The van der Waals surface area contributed by atoms with Gasteiger partial charge in [0, 0.05) is 17.7 Å². The van der Waals surface area contributed by atoms with Crippen LogP contribution in [0.25, 0.3) is 0 Å². The normalized spacial score (nSPS) is 24.1. The number of hydrogen-bond donors (Lipinski definition) is 2. The van der Waals surface area contributed by atoms with Crippen molar-refractivity contribution in [3.8, 4) is 0 Å². The highest BCUT2D eigenvalue weighted by molar-refractivity contribution is 5.86. The van der Waals surface area contributed by atoms with Crippen molar-refractivity contribution < 1.29 is 0 Å². The van der Waals surface area contributed by atoms with E-state index in [2.05, 4.69) is 43.4 Å². The summed E-state index contributed by atoms with van der Waals surface area (Å²) >= 11 is 0. The number of hydrogen-bond acceptors (Lipinski definition) is 2. The van der Waals surface area contributed by atoms with Gasteiger partial charge in [-0.25, -0.2) is 0 Å². The van der Waals surface area contributed by atoms with Crippen molar-refractivity contribution in [1.82, 2.24) is 5.32 Å². The molecule has 23 heavy (non-hydrogen) atoms. The van der Waals surface area contributed by atoms with E-state index in [9.17, 15) is 0 Å². The lowest BCUT2D eigenvalue weighted by atomic mass is 9.80. The monoisotopic (exact) mass is 314 g/mol. The Bertz CT molecular complexity index is 460. The van der Waals surface area contributed by atoms with Gasteiger partial charge >= 0.3 is 0 Å². The van der Waals surface area contributed by atoms with Gasteiger partial charge in [0.15, 0.2) is 0 Å². The Kier molecular flexibility index (Phi) is 7.29. The Morgan fingerprint density at radius 1 is 1.13 bits per heavy atom. The fourth-order valence-corrected chi connectivity index (χ4v) is 4.18. The van der Waals surface area contributed by atoms with E-state index in [-0.39, 0.29) is 5.92 Å². The van der Waals surface area contributed by atoms with Crippen LogP contribution in [0.3, 0.4) is 0 Å². The van der Waals surface area contributed by atoms with Gasteiger partial charge in [0.05, 0.1) is 0 Å².